The van der Waals surface area contributed by atoms with Gasteiger partial charge in [0.05, 0.1) is 5.51 Å². The standard InChI is InChI=1S/C10H8ClN5S/c1-5-6(2)9-13-14-10(7-3-17-4-12-7)16(9)15-8(5)11/h3-4H,1-2H3. The minimum atomic E-state index is 0.464. The van der Waals surface area contributed by atoms with E-state index in [4.69, 9.17) is 11.6 Å². The number of thiazole rings is 1. The van der Waals surface area contributed by atoms with Crippen molar-refractivity contribution in [2.24, 2.45) is 0 Å². The number of rotatable bonds is 1. The van der Waals surface area contributed by atoms with Crippen LogP contribution in [0, 0.1) is 13.8 Å². The van der Waals surface area contributed by atoms with E-state index in [1.807, 2.05) is 19.2 Å². The van der Waals surface area contributed by atoms with Gasteiger partial charge in [-0.05, 0) is 19.4 Å². The van der Waals surface area contributed by atoms with E-state index in [9.17, 15) is 0 Å². The van der Waals surface area contributed by atoms with Gasteiger partial charge in [-0.1, -0.05) is 11.6 Å². The van der Waals surface area contributed by atoms with E-state index in [1.165, 1.54) is 11.3 Å². The topological polar surface area (TPSA) is 56.0 Å². The second kappa shape index (κ2) is 3.75. The molecule has 3 aromatic heterocycles. The number of fused-ring (bicyclic) bond motifs is 1. The summed E-state index contributed by atoms with van der Waals surface area (Å²) in [5.41, 5.74) is 5.14. The highest BCUT2D eigenvalue weighted by atomic mass is 35.5. The third kappa shape index (κ3) is 1.52. The zero-order valence-electron chi connectivity index (χ0n) is 9.18. The first-order valence-electron chi connectivity index (χ1n) is 4.95. The minimum Gasteiger partial charge on any atom is -0.241 e. The normalized spacial score (nSPS) is 11.2. The Labute approximate surface area is 106 Å². The second-order valence-corrected chi connectivity index (χ2v) is 4.75. The Morgan fingerprint density at radius 3 is 2.76 bits per heavy atom. The molecule has 86 valence electrons. The number of hydrogen-bond donors (Lipinski definition) is 0. The highest BCUT2D eigenvalue weighted by Crippen LogP contribution is 2.23. The van der Waals surface area contributed by atoms with Crippen molar-refractivity contribution in [2.45, 2.75) is 13.8 Å². The molecule has 17 heavy (non-hydrogen) atoms. The van der Waals surface area contributed by atoms with Crippen molar-refractivity contribution in [2.75, 3.05) is 0 Å². The van der Waals surface area contributed by atoms with Crippen molar-refractivity contribution in [3.8, 4) is 11.5 Å². The molecule has 0 aliphatic rings. The Balaban J connectivity index is 2.37. The molecule has 3 heterocycles. The van der Waals surface area contributed by atoms with E-state index >= 15 is 0 Å². The molecule has 0 saturated heterocycles. The largest absolute Gasteiger partial charge is 0.241 e. The molecular formula is C10H8ClN5S. The molecule has 7 heteroatoms. The van der Waals surface area contributed by atoms with E-state index in [1.54, 1.807) is 10.0 Å². The lowest BCUT2D eigenvalue weighted by Crippen LogP contribution is -2.00. The van der Waals surface area contributed by atoms with Crippen LogP contribution in [0.25, 0.3) is 17.2 Å². The van der Waals surface area contributed by atoms with Gasteiger partial charge in [-0.15, -0.1) is 21.5 Å². The van der Waals surface area contributed by atoms with Gasteiger partial charge in [-0.3, -0.25) is 0 Å². The lowest BCUT2D eigenvalue weighted by atomic mass is 10.2. The van der Waals surface area contributed by atoms with Gasteiger partial charge in [0.15, 0.2) is 10.8 Å². The Bertz CT molecular complexity index is 688. The Morgan fingerprint density at radius 1 is 1.24 bits per heavy atom. The van der Waals surface area contributed by atoms with Crippen molar-refractivity contribution in [1.82, 2.24) is 24.8 Å². The second-order valence-electron chi connectivity index (χ2n) is 3.67. The van der Waals surface area contributed by atoms with Gasteiger partial charge < -0.3 is 0 Å². The molecule has 3 rings (SSSR count). The van der Waals surface area contributed by atoms with Crippen molar-refractivity contribution < 1.29 is 0 Å². The summed E-state index contributed by atoms with van der Waals surface area (Å²) in [7, 11) is 0. The molecule has 0 N–H and O–H groups in total. The van der Waals surface area contributed by atoms with Crippen molar-refractivity contribution in [3.05, 3.63) is 27.2 Å². The van der Waals surface area contributed by atoms with E-state index < -0.39 is 0 Å². The van der Waals surface area contributed by atoms with Gasteiger partial charge in [0.1, 0.15) is 5.69 Å². The molecule has 0 amide bonds. The molecule has 0 unspecified atom stereocenters. The number of aryl methyl sites for hydroxylation is 1. The average Bonchev–Trinajstić information content (AvgIpc) is 2.93. The van der Waals surface area contributed by atoms with Crippen molar-refractivity contribution in [1.29, 1.82) is 0 Å². The Kier molecular flexibility index (Phi) is 2.34. The molecule has 0 saturated carbocycles. The molecule has 5 nitrogen and oxygen atoms in total. The van der Waals surface area contributed by atoms with Gasteiger partial charge in [0.25, 0.3) is 0 Å². The zero-order valence-corrected chi connectivity index (χ0v) is 10.7. The Morgan fingerprint density at radius 2 is 2.06 bits per heavy atom. The molecule has 0 fully saturated rings. The third-order valence-corrected chi connectivity index (χ3v) is 3.64. The summed E-state index contributed by atoms with van der Waals surface area (Å²) in [6, 6.07) is 0. The van der Waals surface area contributed by atoms with Crippen LogP contribution < -0.4 is 0 Å². The molecular weight excluding hydrogens is 258 g/mol. The summed E-state index contributed by atoms with van der Waals surface area (Å²) in [6.45, 7) is 3.87. The van der Waals surface area contributed by atoms with Crippen LogP contribution in [0.1, 0.15) is 11.1 Å². The summed E-state index contributed by atoms with van der Waals surface area (Å²) < 4.78 is 1.64. The van der Waals surface area contributed by atoms with Crippen molar-refractivity contribution in [3.63, 3.8) is 0 Å². The van der Waals surface area contributed by atoms with Crippen LogP contribution in [0.4, 0.5) is 0 Å². The maximum absolute atomic E-state index is 6.08. The molecule has 0 bridgehead atoms. The van der Waals surface area contributed by atoms with Gasteiger partial charge in [-0.2, -0.15) is 9.61 Å². The van der Waals surface area contributed by atoms with Gasteiger partial charge >= 0.3 is 0 Å². The van der Waals surface area contributed by atoms with Crippen LogP contribution in [0.5, 0.6) is 0 Å². The van der Waals surface area contributed by atoms with Crippen molar-refractivity contribution >= 4 is 28.6 Å². The molecule has 0 radical (unpaired) electrons. The van der Waals surface area contributed by atoms with E-state index in [2.05, 4.69) is 20.3 Å². The first-order chi connectivity index (χ1) is 8.18. The lowest BCUT2D eigenvalue weighted by Gasteiger charge is -2.03. The van der Waals surface area contributed by atoms with Crippen LogP contribution in [0.2, 0.25) is 5.15 Å². The molecule has 0 aliphatic carbocycles. The average molecular weight is 266 g/mol. The summed E-state index contributed by atoms with van der Waals surface area (Å²) >= 11 is 7.58. The monoisotopic (exact) mass is 265 g/mol. The lowest BCUT2D eigenvalue weighted by molar-refractivity contribution is 0.915. The molecule has 0 aromatic carbocycles. The third-order valence-electron chi connectivity index (χ3n) is 2.70. The minimum absolute atomic E-state index is 0.464. The molecule has 3 aromatic rings. The fourth-order valence-electron chi connectivity index (χ4n) is 1.58. The van der Waals surface area contributed by atoms with Crippen LogP contribution in [-0.4, -0.2) is 24.8 Å². The molecule has 0 aliphatic heterocycles. The number of aromatic nitrogens is 5. The maximum Gasteiger partial charge on any atom is 0.204 e. The van der Waals surface area contributed by atoms with Gasteiger partial charge in [0.2, 0.25) is 5.82 Å². The quantitative estimate of drug-likeness (QED) is 0.678. The summed E-state index contributed by atoms with van der Waals surface area (Å²) in [4.78, 5) is 4.20. The van der Waals surface area contributed by atoms with Crippen LogP contribution in [0.15, 0.2) is 10.9 Å². The van der Waals surface area contributed by atoms with Crippen LogP contribution >= 0.6 is 22.9 Å². The van der Waals surface area contributed by atoms with Gasteiger partial charge in [-0.25, -0.2) is 4.98 Å². The SMILES string of the molecule is Cc1c(Cl)nn2c(-c3cscn3)nnc2c1C. The smallest absolute Gasteiger partial charge is 0.204 e. The summed E-state index contributed by atoms with van der Waals surface area (Å²) in [5.74, 6) is 0.617. The highest BCUT2D eigenvalue weighted by molar-refractivity contribution is 7.07. The highest BCUT2D eigenvalue weighted by Gasteiger charge is 2.15. The van der Waals surface area contributed by atoms with E-state index in [0.29, 0.717) is 11.0 Å². The molecule has 0 atom stereocenters. The number of nitrogens with zero attached hydrogens (tertiary/aromatic N) is 5. The van der Waals surface area contributed by atoms with Gasteiger partial charge in [0, 0.05) is 10.9 Å². The predicted molar refractivity (Wildman–Crippen MR) is 66.4 cm³/mol. The number of halogens is 1. The zero-order chi connectivity index (χ0) is 12.0. The first kappa shape index (κ1) is 10.6. The van der Waals surface area contributed by atoms with Crippen LogP contribution in [0.3, 0.4) is 0 Å². The van der Waals surface area contributed by atoms with E-state index in [0.717, 1.165) is 22.5 Å². The maximum atomic E-state index is 6.08. The summed E-state index contributed by atoms with van der Waals surface area (Å²) in [5, 5.41) is 14.9. The van der Waals surface area contributed by atoms with E-state index in [-0.39, 0.29) is 0 Å². The summed E-state index contributed by atoms with van der Waals surface area (Å²) in [6.07, 6.45) is 0. The predicted octanol–water partition coefficient (Wildman–Crippen LogP) is 2.52. The number of hydrogen-bond acceptors (Lipinski definition) is 5. The molecule has 0 spiro atoms. The fraction of sp³-hybridized carbons (Fsp3) is 0.200. The fourth-order valence-corrected chi connectivity index (χ4v) is 2.32. The first-order valence-corrected chi connectivity index (χ1v) is 6.27. The Hall–Kier alpha value is -1.53. The van der Waals surface area contributed by atoms with Crippen LogP contribution in [-0.2, 0) is 0 Å².